The Balaban J connectivity index is 2.14. The summed E-state index contributed by atoms with van der Waals surface area (Å²) in [6.07, 6.45) is -0.920. The van der Waals surface area contributed by atoms with Gasteiger partial charge in [0.2, 0.25) is 0 Å². The number of rotatable bonds is 11. The number of carbonyl (C=O) groups is 2. The van der Waals surface area contributed by atoms with Crippen molar-refractivity contribution in [2.75, 3.05) is 20.0 Å². The van der Waals surface area contributed by atoms with Gasteiger partial charge in [-0.1, -0.05) is 87.5 Å². The molecule has 1 atom stereocenters. The molecule has 0 aliphatic rings. The van der Waals surface area contributed by atoms with Crippen LogP contribution in [0.25, 0.3) is 0 Å². The van der Waals surface area contributed by atoms with Gasteiger partial charge in [-0.15, -0.1) is 0 Å². The van der Waals surface area contributed by atoms with Crippen LogP contribution in [0.2, 0.25) is 5.04 Å². The van der Waals surface area contributed by atoms with Crippen molar-refractivity contribution >= 4 is 40.9 Å². The Labute approximate surface area is 261 Å². The van der Waals surface area contributed by atoms with Crippen LogP contribution in [-0.2, 0) is 34.7 Å². The van der Waals surface area contributed by atoms with Crippen LogP contribution >= 0.6 is 0 Å². The Morgan fingerprint density at radius 3 is 1.89 bits per heavy atom. The molecule has 0 fully saturated rings. The topological polar surface area (TPSA) is 130 Å². The van der Waals surface area contributed by atoms with Crippen LogP contribution in [0.3, 0.4) is 0 Å². The lowest BCUT2D eigenvalue weighted by atomic mass is 10.1. The highest BCUT2D eigenvalue weighted by atomic mass is 32.2. The van der Waals surface area contributed by atoms with Crippen molar-refractivity contribution in [2.45, 2.75) is 64.8 Å². The number of carbonyl (C=O) groups excluding carboxylic acids is 2. The van der Waals surface area contributed by atoms with Gasteiger partial charge in [-0.05, 0) is 42.2 Å². The average Bonchev–Trinajstić information content (AvgIpc) is 2.94. The van der Waals surface area contributed by atoms with E-state index in [1.54, 1.807) is 20.8 Å². The van der Waals surface area contributed by atoms with Gasteiger partial charge in [0.05, 0.1) is 32.2 Å². The van der Waals surface area contributed by atoms with Crippen LogP contribution in [0, 0.1) is 0 Å². The van der Waals surface area contributed by atoms with E-state index in [4.69, 9.17) is 18.1 Å². The lowest BCUT2D eigenvalue weighted by molar-refractivity contribution is 0.0521. The Bertz CT molecular complexity index is 1500. The summed E-state index contributed by atoms with van der Waals surface area (Å²) in [4.78, 5) is 29.2. The van der Waals surface area contributed by atoms with Crippen molar-refractivity contribution in [3.63, 3.8) is 0 Å². The third-order valence-corrected chi connectivity index (χ3v) is 12.3. The van der Waals surface area contributed by atoms with Gasteiger partial charge in [-0.25, -0.2) is 14.6 Å². The maximum Gasteiger partial charge on any atom is 0.407 e. The van der Waals surface area contributed by atoms with E-state index >= 15 is 0 Å². The molecule has 1 aromatic heterocycles. The second-order valence-electron chi connectivity index (χ2n) is 12.3. The Morgan fingerprint density at radius 2 is 1.43 bits per heavy atom. The highest BCUT2D eigenvalue weighted by Gasteiger charge is 2.50. The Kier molecular flexibility index (Phi) is 11.1. The molecule has 10 nitrogen and oxygen atoms in total. The molecule has 238 valence electrons. The standard InChI is InChI=1S/C32H42N2O8SSi/c1-31(2,3)41-30(36)33-21-27-25(19-20-26(34-27)29(35)39-7)28(42-43(8,37)38)22-40-44(32(4,5)6,23-15-11-9-12-16-23)24-17-13-10-14-18-24/h9-20,28H,21-22H2,1-8H3,(H,33,36). The molecule has 1 heterocycles. The highest BCUT2D eigenvalue weighted by Crippen LogP contribution is 2.38. The fourth-order valence-electron chi connectivity index (χ4n) is 4.98. The van der Waals surface area contributed by atoms with Crippen LogP contribution in [0.5, 0.6) is 0 Å². The third-order valence-electron chi connectivity index (χ3n) is 6.71. The molecule has 0 aliphatic carbocycles. The van der Waals surface area contributed by atoms with Crippen LogP contribution in [0.15, 0.2) is 72.8 Å². The minimum atomic E-state index is -4.00. The fourth-order valence-corrected chi connectivity index (χ4v) is 10.1. The molecule has 1 amide bonds. The number of esters is 1. The third kappa shape index (κ3) is 8.97. The second kappa shape index (κ2) is 14.0. The van der Waals surface area contributed by atoms with Crippen molar-refractivity contribution < 1.29 is 36.1 Å². The molecule has 0 aliphatic heterocycles. The van der Waals surface area contributed by atoms with E-state index in [1.807, 2.05) is 60.7 Å². The van der Waals surface area contributed by atoms with E-state index in [9.17, 15) is 18.0 Å². The summed E-state index contributed by atoms with van der Waals surface area (Å²) < 4.78 is 48.0. The van der Waals surface area contributed by atoms with Crippen molar-refractivity contribution in [2.24, 2.45) is 0 Å². The predicted octanol–water partition coefficient (Wildman–Crippen LogP) is 4.49. The molecule has 12 heteroatoms. The van der Waals surface area contributed by atoms with E-state index in [1.165, 1.54) is 19.2 Å². The number of hydrogen-bond acceptors (Lipinski definition) is 9. The molecule has 3 rings (SSSR count). The largest absolute Gasteiger partial charge is 0.464 e. The summed E-state index contributed by atoms with van der Waals surface area (Å²) in [5.41, 5.74) is -0.265. The molecule has 1 N–H and O–H groups in total. The summed E-state index contributed by atoms with van der Waals surface area (Å²) in [7, 11) is -5.87. The molecule has 0 spiro atoms. The fraction of sp³-hybridized carbons (Fsp3) is 0.406. The highest BCUT2D eigenvalue weighted by molar-refractivity contribution is 7.86. The van der Waals surface area contributed by atoms with Crippen molar-refractivity contribution in [3.05, 3.63) is 89.7 Å². The summed E-state index contributed by atoms with van der Waals surface area (Å²) in [6, 6.07) is 22.7. The van der Waals surface area contributed by atoms with Crippen molar-refractivity contribution in [3.8, 4) is 0 Å². The van der Waals surface area contributed by atoms with Gasteiger partial charge in [0, 0.05) is 5.56 Å². The SMILES string of the molecule is COC(=O)c1ccc(C(CO[Si](c2ccccc2)(c2ccccc2)C(C)(C)C)OS(C)(=O)=O)c(CNC(=O)OC(C)(C)C)n1. The first kappa shape index (κ1) is 34.9. The zero-order valence-electron chi connectivity index (χ0n) is 26.5. The zero-order valence-corrected chi connectivity index (χ0v) is 28.4. The van der Waals surface area contributed by atoms with Gasteiger partial charge in [-0.2, -0.15) is 8.42 Å². The number of aromatic nitrogens is 1. The molecule has 1 unspecified atom stereocenters. The Morgan fingerprint density at radius 1 is 0.886 bits per heavy atom. The van der Waals surface area contributed by atoms with Gasteiger partial charge < -0.3 is 19.2 Å². The molecule has 0 saturated heterocycles. The number of amides is 1. The van der Waals surface area contributed by atoms with Gasteiger partial charge >= 0.3 is 12.1 Å². The van der Waals surface area contributed by atoms with Crippen LogP contribution in [-0.4, -0.2) is 59.4 Å². The number of ether oxygens (including phenoxy) is 2. The molecule has 0 saturated carbocycles. The van der Waals surface area contributed by atoms with E-state index in [0.717, 1.165) is 16.6 Å². The quantitative estimate of drug-likeness (QED) is 0.183. The number of benzene rings is 2. The van der Waals surface area contributed by atoms with Crippen molar-refractivity contribution in [1.82, 2.24) is 10.3 Å². The first-order chi connectivity index (χ1) is 20.5. The number of nitrogens with one attached hydrogen (secondary N) is 1. The first-order valence-electron chi connectivity index (χ1n) is 14.1. The summed E-state index contributed by atoms with van der Waals surface area (Å²) in [5, 5.41) is 4.25. The molecule has 44 heavy (non-hydrogen) atoms. The number of pyridine rings is 1. The number of nitrogens with zero attached hydrogens (tertiary/aromatic N) is 1. The maximum atomic E-state index is 12.6. The maximum absolute atomic E-state index is 12.6. The average molecular weight is 643 g/mol. The smallest absolute Gasteiger partial charge is 0.407 e. The van der Waals surface area contributed by atoms with E-state index in [2.05, 4.69) is 31.1 Å². The van der Waals surface area contributed by atoms with Crippen LogP contribution in [0.4, 0.5) is 4.79 Å². The summed E-state index contributed by atoms with van der Waals surface area (Å²) in [5.74, 6) is -0.695. The second-order valence-corrected chi connectivity index (χ2v) is 18.2. The number of hydrogen-bond donors (Lipinski definition) is 1. The number of alkyl carbamates (subject to hydrolysis) is 1. The molecule has 0 bridgehead atoms. The predicted molar refractivity (Wildman–Crippen MR) is 171 cm³/mol. The van der Waals surface area contributed by atoms with E-state index in [0.29, 0.717) is 5.56 Å². The zero-order chi connectivity index (χ0) is 32.8. The first-order valence-corrected chi connectivity index (χ1v) is 17.9. The molecule has 3 aromatic rings. The lowest BCUT2D eigenvalue weighted by Gasteiger charge is -2.43. The summed E-state index contributed by atoms with van der Waals surface area (Å²) >= 11 is 0. The normalized spacial score (nSPS) is 13.2. The van der Waals surface area contributed by atoms with Crippen LogP contribution in [0.1, 0.15) is 69.4 Å². The lowest BCUT2D eigenvalue weighted by Crippen LogP contribution is -2.66. The molecule has 2 aromatic carbocycles. The minimum Gasteiger partial charge on any atom is -0.464 e. The van der Waals surface area contributed by atoms with E-state index < -0.39 is 42.2 Å². The van der Waals surface area contributed by atoms with Gasteiger partial charge in [0.1, 0.15) is 17.4 Å². The van der Waals surface area contributed by atoms with E-state index in [-0.39, 0.29) is 29.6 Å². The number of methoxy groups -OCH3 is 1. The molecular weight excluding hydrogens is 601 g/mol. The van der Waals surface area contributed by atoms with Crippen LogP contribution < -0.4 is 15.7 Å². The van der Waals surface area contributed by atoms with Crippen molar-refractivity contribution in [1.29, 1.82) is 0 Å². The molecular formula is C32H42N2O8SSi. The molecule has 0 radical (unpaired) electrons. The van der Waals surface area contributed by atoms with Gasteiger partial charge in [0.25, 0.3) is 18.4 Å². The Hall–Kier alpha value is -3.58. The minimum absolute atomic E-state index is 0.0248. The monoisotopic (exact) mass is 642 g/mol. The van der Waals surface area contributed by atoms with Gasteiger partial charge in [0.15, 0.2) is 0 Å². The summed E-state index contributed by atoms with van der Waals surface area (Å²) in [6.45, 7) is 11.2. The van der Waals surface area contributed by atoms with Gasteiger partial charge in [-0.3, -0.25) is 4.18 Å².